The Morgan fingerprint density at radius 3 is 1.91 bits per heavy atom. The van der Waals surface area contributed by atoms with Crippen molar-refractivity contribution < 1.29 is 13.2 Å². The van der Waals surface area contributed by atoms with Gasteiger partial charge in [-0.15, -0.1) is 0 Å². The van der Waals surface area contributed by atoms with Crippen molar-refractivity contribution in [3.05, 3.63) is 0 Å². The van der Waals surface area contributed by atoms with E-state index in [-0.39, 0.29) is 13.1 Å². The van der Waals surface area contributed by atoms with Crippen LogP contribution in [0, 0.1) is 0 Å². The average molecular weight is 168 g/mol. The quantitative estimate of drug-likeness (QED) is 0.510. The summed E-state index contributed by atoms with van der Waals surface area (Å²) in [6, 6.07) is 0. The van der Waals surface area contributed by atoms with Gasteiger partial charge in [0.25, 0.3) is 0 Å². The van der Waals surface area contributed by atoms with Gasteiger partial charge < -0.3 is 0 Å². The normalized spacial score (nSPS) is 10.9. The van der Waals surface area contributed by atoms with Gasteiger partial charge in [0.05, 0.1) is 6.67 Å². The maximum Gasteiger partial charge on any atom is 0.238 e. The van der Waals surface area contributed by atoms with E-state index in [9.17, 15) is 13.2 Å². The van der Waals surface area contributed by atoms with Crippen LogP contribution >= 0.6 is 0 Å². The minimum atomic E-state index is -2.17. The molecule has 0 amide bonds. The van der Waals surface area contributed by atoms with E-state index in [2.05, 4.69) is 0 Å². The highest BCUT2D eigenvalue weighted by Crippen LogP contribution is 2.09. The van der Waals surface area contributed by atoms with Gasteiger partial charge in [0.1, 0.15) is 0 Å². The molecule has 0 aliphatic heterocycles. The highest BCUT2D eigenvalue weighted by atomic mass is 19.3. The minimum absolute atomic E-state index is 0.00434. The predicted octanol–water partition coefficient (Wildman–Crippen LogP) is 3.56. The van der Waals surface area contributed by atoms with Gasteiger partial charge in [-0.1, -0.05) is 19.3 Å². The lowest BCUT2D eigenvalue weighted by atomic mass is 10.1. The smallest absolute Gasteiger partial charge is 0.238 e. The van der Waals surface area contributed by atoms with Crippen molar-refractivity contribution in [3.8, 4) is 0 Å². The Kier molecular flexibility index (Phi) is 7.74. The Hall–Kier alpha value is -0.210. The third-order valence-corrected chi connectivity index (χ3v) is 1.56. The van der Waals surface area contributed by atoms with Crippen molar-refractivity contribution in [2.75, 3.05) is 6.67 Å². The zero-order valence-electron chi connectivity index (χ0n) is 6.66. The number of hydrogen-bond acceptors (Lipinski definition) is 0. The molecule has 0 saturated heterocycles. The molecule has 0 aromatic heterocycles. The van der Waals surface area contributed by atoms with E-state index < -0.39 is 6.43 Å². The topological polar surface area (TPSA) is 0 Å². The van der Waals surface area contributed by atoms with Crippen molar-refractivity contribution in [3.63, 3.8) is 0 Å². The molecule has 0 spiro atoms. The van der Waals surface area contributed by atoms with E-state index in [0.717, 1.165) is 19.3 Å². The lowest BCUT2D eigenvalue weighted by molar-refractivity contribution is 0.133. The highest BCUT2D eigenvalue weighted by Gasteiger charge is 2.00. The van der Waals surface area contributed by atoms with Gasteiger partial charge in [0, 0.05) is 6.42 Å². The Balaban J connectivity index is 2.80. The summed E-state index contributed by atoms with van der Waals surface area (Å²) in [7, 11) is 0. The summed E-state index contributed by atoms with van der Waals surface area (Å²) in [5.41, 5.74) is 0. The number of unbranched alkanes of at least 4 members (excludes halogenated alkanes) is 4. The molecular formula is C8H15F3. The van der Waals surface area contributed by atoms with Crippen molar-refractivity contribution >= 4 is 0 Å². The van der Waals surface area contributed by atoms with Gasteiger partial charge >= 0.3 is 0 Å². The van der Waals surface area contributed by atoms with Gasteiger partial charge in [-0.2, -0.15) is 0 Å². The minimum Gasteiger partial charge on any atom is -0.251 e. The van der Waals surface area contributed by atoms with Crippen LogP contribution in [-0.2, 0) is 0 Å². The highest BCUT2D eigenvalue weighted by molar-refractivity contribution is 4.45. The molecule has 0 aromatic rings. The molecule has 11 heavy (non-hydrogen) atoms. The predicted molar refractivity (Wildman–Crippen MR) is 39.7 cm³/mol. The lowest BCUT2D eigenvalue weighted by Crippen LogP contribution is -1.89. The van der Waals surface area contributed by atoms with Gasteiger partial charge in [-0.3, -0.25) is 4.39 Å². The number of hydrogen-bond donors (Lipinski definition) is 0. The summed E-state index contributed by atoms with van der Waals surface area (Å²) in [6.45, 7) is -0.283. The summed E-state index contributed by atoms with van der Waals surface area (Å²) in [5, 5.41) is 0. The molecule has 0 rings (SSSR count). The molecule has 0 heterocycles. The first-order chi connectivity index (χ1) is 5.27. The Bertz CT molecular complexity index is 73.7. The van der Waals surface area contributed by atoms with Gasteiger partial charge in [-0.25, -0.2) is 8.78 Å². The summed E-state index contributed by atoms with van der Waals surface area (Å²) in [6.07, 6.45) is 1.51. The summed E-state index contributed by atoms with van der Waals surface area (Å²) >= 11 is 0. The first-order valence-corrected chi connectivity index (χ1v) is 4.11. The summed E-state index contributed by atoms with van der Waals surface area (Å²) in [5.74, 6) is 0. The average Bonchev–Trinajstić information content (AvgIpc) is 1.96. The van der Waals surface area contributed by atoms with Crippen molar-refractivity contribution in [2.24, 2.45) is 0 Å². The maximum atomic E-state index is 11.6. The van der Waals surface area contributed by atoms with Crippen LogP contribution in [0.3, 0.4) is 0 Å². The van der Waals surface area contributed by atoms with Gasteiger partial charge in [0.2, 0.25) is 6.43 Å². The zero-order valence-corrected chi connectivity index (χ0v) is 6.66. The van der Waals surface area contributed by atoms with Crippen LogP contribution < -0.4 is 0 Å². The second-order valence-corrected chi connectivity index (χ2v) is 2.64. The molecule has 0 bridgehead atoms. The molecule has 0 saturated carbocycles. The molecule has 3 heteroatoms. The van der Waals surface area contributed by atoms with E-state index in [1.807, 2.05) is 0 Å². The fourth-order valence-corrected chi connectivity index (χ4v) is 0.923. The molecule has 0 fully saturated rings. The molecule has 0 atom stereocenters. The third kappa shape index (κ3) is 9.79. The standard InChI is InChI=1S/C8H15F3/c9-7-5-3-1-2-4-6-8(10)11/h8H,1-7H2. The molecule has 0 aromatic carbocycles. The van der Waals surface area contributed by atoms with Gasteiger partial charge in [-0.05, 0) is 12.8 Å². The van der Waals surface area contributed by atoms with E-state index in [1.165, 1.54) is 0 Å². The molecule has 0 aliphatic carbocycles. The number of rotatable bonds is 7. The Morgan fingerprint density at radius 1 is 0.818 bits per heavy atom. The SMILES string of the molecule is FCCCCCCCC(F)F. The second kappa shape index (κ2) is 7.89. The largest absolute Gasteiger partial charge is 0.251 e. The molecule has 0 radical (unpaired) electrons. The van der Waals surface area contributed by atoms with Crippen LogP contribution in [0.15, 0.2) is 0 Å². The first kappa shape index (κ1) is 10.8. The van der Waals surface area contributed by atoms with E-state index in [0.29, 0.717) is 12.8 Å². The maximum absolute atomic E-state index is 11.6. The van der Waals surface area contributed by atoms with Crippen molar-refractivity contribution in [2.45, 2.75) is 45.0 Å². The van der Waals surface area contributed by atoms with Crippen LogP contribution in [0.2, 0.25) is 0 Å². The number of alkyl halides is 3. The van der Waals surface area contributed by atoms with Crippen LogP contribution in [0.5, 0.6) is 0 Å². The van der Waals surface area contributed by atoms with E-state index in [1.54, 1.807) is 0 Å². The van der Waals surface area contributed by atoms with Crippen LogP contribution in [0.4, 0.5) is 13.2 Å². The Morgan fingerprint density at radius 2 is 1.36 bits per heavy atom. The van der Waals surface area contributed by atoms with Gasteiger partial charge in [0.15, 0.2) is 0 Å². The second-order valence-electron chi connectivity index (χ2n) is 2.64. The van der Waals surface area contributed by atoms with Crippen LogP contribution in [0.1, 0.15) is 38.5 Å². The molecule has 68 valence electrons. The molecular weight excluding hydrogens is 153 g/mol. The van der Waals surface area contributed by atoms with Crippen molar-refractivity contribution in [1.82, 2.24) is 0 Å². The van der Waals surface area contributed by atoms with Crippen LogP contribution in [0.25, 0.3) is 0 Å². The van der Waals surface area contributed by atoms with Crippen molar-refractivity contribution in [1.29, 1.82) is 0 Å². The summed E-state index contributed by atoms with van der Waals surface area (Å²) in [4.78, 5) is 0. The Labute approximate surface area is 65.8 Å². The molecule has 0 aliphatic rings. The fraction of sp³-hybridized carbons (Fsp3) is 1.00. The third-order valence-electron chi connectivity index (χ3n) is 1.56. The molecule has 0 N–H and O–H groups in total. The lowest BCUT2D eigenvalue weighted by Gasteiger charge is -1.98. The monoisotopic (exact) mass is 168 g/mol. The zero-order chi connectivity index (χ0) is 8.53. The number of halogens is 3. The molecule has 0 nitrogen and oxygen atoms in total. The van der Waals surface area contributed by atoms with Crippen LogP contribution in [-0.4, -0.2) is 13.1 Å². The van der Waals surface area contributed by atoms with E-state index >= 15 is 0 Å². The fourth-order valence-electron chi connectivity index (χ4n) is 0.923. The molecule has 0 unspecified atom stereocenters. The van der Waals surface area contributed by atoms with E-state index in [4.69, 9.17) is 0 Å². The first-order valence-electron chi connectivity index (χ1n) is 4.11. The summed E-state index contributed by atoms with van der Waals surface area (Å²) < 4.78 is 34.6.